The molecule has 130 valence electrons. The van der Waals surface area contributed by atoms with Crippen LogP contribution in [0.15, 0.2) is 48.5 Å². The average molecular weight is 346 g/mol. The standard InChI is InChI=1S/C19H16F2O4/c20-16-9-3-13(12-17(16)21)4-10-18(22)14-5-7-15(8-6-14)25-11-1-2-19(23)24/h3-10,12H,1-2,11H2,(H,23,24)/b10-4+. The van der Waals surface area contributed by atoms with Crippen LogP contribution in [0.3, 0.4) is 0 Å². The summed E-state index contributed by atoms with van der Waals surface area (Å²) in [6.45, 7) is 0.273. The molecule has 2 rings (SSSR count). The molecule has 0 atom stereocenters. The van der Waals surface area contributed by atoms with Crippen LogP contribution in [0.1, 0.15) is 28.8 Å². The van der Waals surface area contributed by atoms with Crippen molar-refractivity contribution >= 4 is 17.8 Å². The fraction of sp³-hybridized carbons (Fsp3) is 0.158. The molecule has 4 nitrogen and oxygen atoms in total. The molecule has 0 spiro atoms. The van der Waals surface area contributed by atoms with Gasteiger partial charge in [-0.1, -0.05) is 12.1 Å². The van der Waals surface area contributed by atoms with E-state index in [1.807, 2.05) is 0 Å². The molecule has 0 aliphatic heterocycles. The number of allylic oxidation sites excluding steroid dienone is 1. The lowest BCUT2D eigenvalue weighted by Crippen LogP contribution is -2.02. The lowest BCUT2D eigenvalue weighted by Gasteiger charge is -2.05. The second kappa shape index (κ2) is 8.73. The molecule has 0 saturated heterocycles. The fourth-order valence-electron chi connectivity index (χ4n) is 2.01. The van der Waals surface area contributed by atoms with Gasteiger partial charge in [0.2, 0.25) is 0 Å². The van der Waals surface area contributed by atoms with Crippen molar-refractivity contribution in [3.63, 3.8) is 0 Å². The van der Waals surface area contributed by atoms with Gasteiger partial charge in [0.05, 0.1) is 6.61 Å². The van der Waals surface area contributed by atoms with E-state index < -0.39 is 17.6 Å². The summed E-state index contributed by atoms with van der Waals surface area (Å²) < 4.78 is 31.3. The molecule has 0 aliphatic carbocycles. The van der Waals surface area contributed by atoms with Gasteiger partial charge in [-0.05, 0) is 54.5 Å². The van der Waals surface area contributed by atoms with Crippen molar-refractivity contribution in [2.24, 2.45) is 0 Å². The Morgan fingerprint density at radius 2 is 1.76 bits per heavy atom. The van der Waals surface area contributed by atoms with E-state index in [0.717, 1.165) is 12.1 Å². The summed E-state index contributed by atoms with van der Waals surface area (Å²) >= 11 is 0. The van der Waals surface area contributed by atoms with Crippen molar-refractivity contribution < 1.29 is 28.2 Å². The summed E-state index contributed by atoms with van der Waals surface area (Å²) in [5.74, 6) is -2.55. The van der Waals surface area contributed by atoms with Crippen LogP contribution in [0.25, 0.3) is 6.08 Å². The molecule has 0 aliphatic rings. The zero-order chi connectivity index (χ0) is 18.2. The summed E-state index contributed by atoms with van der Waals surface area (Å²) in [5.41, 5.74) is 0.794. The molecule has 0 amide bonds. The predicted octanol–water partition coefficient (Wildman–Crippen LogP) is 4.10. The zero-order valence-corrected chi connectivity index (χ0v) is 13.2. The van der Waals surface area contributed by atoms with E-state index in [9.17, 15) is 18.4 Å². The summed E-state index contributed by atoms with van der Waals surface area (Å²) in [4.78, 5) is 22.4. The summed E-state index contributed by atoms with van der Waals surface area (Å²) in [5, 5.41) is 8.53. The minimum Gasteiger partial charge on any atom is -0.494 e. The first kappa shape index (κ1) is 18.3. The Hall–Kier alpha value is -3.02. The first-order valence-corrected chi connectivity index (χ1v) is 7.58. The third-order valence-corrected chi connectivity index (χ3v) is 3.31. The number of benzene rings is 2. The molecule has 6 heteroatoms. The molecular formula is C19H16F2O4. The molecule has 0 unspecified atom stereocenters. The monoisotopic (exact) mass is 346 g/mol. The molecule has 1 N–H and O–H groups in total. The third-order valence-electron chi connectivity index (χ3n) is 3.31. The Balaban J connectivity index is 1.92. The molecule has 0 aromatic heterocycles. The highest BCUT2D eigenvalue weighted by Gasteiger charge is 2.04. The van der Waals surface area contributed by atoms with Crippen molar-refractivity contribution in [1.29, 1.82) is 0 Å². The zero-order valence-electron chi connectivity index (χ0n) is 13.2. The Labute approximate surface area is 143 Å². The van der Waals surface area contributed by atoms with E-state index >= 15 is 0 Å². The molecule has 0 fully saturated rings. The Morgan fingerprint density at radius 1 is 1.04 bits per heavy atom. The summed E-state index contributed by atoms with van der Waals surface area (Å²) in [6, 6.07) is 9.74. The number of carboxylic acids is 1. The molecule has 0 heterocycles. The van der Waals surface area contributed by atoms with Gasteiger partial charge in [0, 0.05) is 12.0 Å². The maximum atomic E-state index is 13.1. The lowest BCUT2D eigenvalue weighted by atomic mass is 10.1. The maximum absolute atomic E-state index is 13.1. The number of hydrogen-bond acceptors (Lipinski definition) is 3. The number of ketones is 1. The molecular weight excluding hydrogens is 330 g/mol. The molecule has 25 heavy (non-hydrogen) atoms. The van der Waals surface area contributed by atoms with Gasteiger partial charge in [-0.3, -0.25) is 9.59 Å². The first-order chi connectivity index (χ1) is 12.0. The van der Waals surface area contributed by atoms with E-state index in [4.69, 9.17) is 9.84 Å². The molecule has 0 bridgehead atoms. The van der Waals surface area contributed by atoms with Crippen molar-refractivity contribution in [3.8, 4) is 5.75 Å². The van der Waals surface area contributed by atoms with Gasteiger partial charge in [-0.2, -0.15) is 0 Å². The van der Waals surface area contributed by atoms with Crippen molar-refractivity contribution in [1.82, 2.24) is 0 Å². The Kier molecular flexibility index (Phi) is 6.39. The Morgan fingerprint density at radius 3 is 2.40 bits per heavy atom. The van der Waals surface area contributed by atoms with Crippen LogP contribution in [0.4, 0.5) is 8.78 Å². The molecule has 2 aromatic carbocycles. The Bertz CT molecular complexity index is 783. The van der Waals surface area contributed by atoms with Crippen molar-refractivity contribution in [3.05, 3.63) is 71.3 Å². The van der Waals surface area contributed by atoms with Crippen LogP contribution in [-0.2, 0) is 4.79 Å². The van der Waals surface area contributed by atoms with Gasteiger partial charge in [-0.15, -0.1) is 0 Å². The first-order valence-electron chi connectivity index (χ1n) is 7.58. The van der Waals surface area contributed by atoms with Crippen LogP contribution in [0.2, 0.25) is 0 Å². The third kappa shape index (κ3) is 5.84. The maximum Gasteiger partial charge on any atom is 0.303 e. The van der Waals surface area contributed by atoms with Crippen molar-refractivity contribution in [2.75, 3.05) is 6.61 Å². The highest BCUT2D eigenvalue weighted by atomic mass is 19.2. The van der Waals surface area contributed by atoms with Crippen LogP contribution < -0.4 is 4.74 Å². The van der Waals surface area contributed by atoms with Gasteiger partial charge < -0.3 is 9.84 Å². The van der Waals surface area contributed by atoms with E-state index in [-0.39, 0.29) is 18.8 Å². The minimum absolute atomic E-state index is 0.0331. The smallest absolute Gasteiger partial charge is 0.303 e. The molecule has 0 saturated carbocycles. The lowest BCUT2D eigenvalue weighted by molar-refractivity contribution is -0.137. The summed E-state index contributed by atoms with van der Waals surface area (Å²) in [7, 11) is 0. The van der Waals surface area contributed by atoms with Gasteiger partial charge >= 0.3 is 5.97 Å². The number of carboxylic acid groups (broad SMARTS) is 1. The highest BCUT2D eigenvalue weighted by Crippen LogP contribution is 2.15. The summed E-state index contributed by atoms with van der Waals surface area (Å²) in [6.07, 6.45) is 3.11. The highest BCUT2D eigenvalue weighted by molar-refractivity contribution is 6.06. The van der Waals surface area contributed by atoms with Gasteiger partial charge in [-0.25, -0.2) is 8.78 Å². The fourth-order valence-corrected chi connectivity index (χ4v) is 2.01. The predicted molar refractivity (Wildman–Crippen MR) is 88.5 cm³/mol. The number of ether oxygens (including phenoxy) is 1. The van der Waals surface area contributed by atoms with Gasteiger partial charge in [0.15, 0.2) is 17.4 Å². The number of hydrogen-bond donors (Lipinski definition) is 1. The second-order valence-electron chi connectivity index (χ2n) is 5.24. The largest absolute Gasteiger partial charge is 0.494 e. The van der Waals surface area contributed by atoms with Crippen LogP contribution in [-0.4, -0.2) is 23.5 Å². The number of rotatable bonds is 8. The molecule has 0 radical (unpaired) electrons. The van der Waals surface area contributed by atoms with Gasteiger partial charge in [0.1, 0.15) is 5.75 Å². The SMILES string of the molecule is O=C(O)CCCOc1ccc(C(=O)/C=C/c2ccc(F)c(F)c2)cc1. The number of carbonyl (C=O) groups excluding carboxylic acids is 1. The van der Waals surface area contributed by atoms with E-state index in [0.29, 0.717) is 23.3 Å². The number of carbonyl (C=O) groups is 2. The topological polar surface area (TPSA) is 63.6 Å². The normalized spacial score (nSPS) is 10.8. The molecule has 2 aromatic rings. The van der Waals surface area contributed by atoms with Gasteiger partial charge in [0.25, 0.3) is 0 Å². The van der Waals surface area contributed by atoms with E-state index in [1.54, 1.807) is 24.3 Å². The van der Waals surface area contributed by atoms with Crippen LogP contribution in [0, 0.1) is 11.6 Å². The van der Waals surface area contributed by atoms with Crippen LogP contribution >= 0.6 is 0 Å². The average Bonchev–Trinajstić information content (AvgIpc) is 2.60. The minimum atomic E-state index is -0.973. The van der Waals surface area contributed by atoms with E-state index in [1.165, 1.54) is 18.2 Å². The number of aliphatic carboxylic acids is 1. The van der Waals surface area contributed by atoms with E-state index in [2.05, 4.69) is 0 Å². The second-order valence-corrected chi connectivity index (χ2v) is 5.24. The quantitative estimate of drug-likeness (QED) is 0.444. The van der Waals surface area contributed by atoms with Crippen molar-refractivity contribution in [2.45, 2.75) is 12.8 Å². The number of halogens is 2. The van der Waals surface area contributed by atoms with Crippen LogP contribution in [0.5, 0.6) is 5.75 Å².